The zero-order chi connectivity index (χ0) is 33.6. The monoisotopic (exact) mass is 643 g/mol. The molecule has 0 bridgehead atoms. The van der Waals surface area contributed by atoms with Crippen LogP contribution in [0, 0.1) is 0 Å². The molecule has 1 aromatic carbocycles. The standard InChI is InChI=1S/C34H45N9O4/c1-33(2,3)46-31(44)40-24-13-11-23(12-14-24)39-28-29-38-21-27(43(29)20-19-35-28)26-16-18-37-30(41-26)36-17-15-22-9-7-8-10-25(22)42-32(45)47-34(4,5)6/h7-10,16,18-21,23-24H,11-15,17H2,1-6H3,(H,35,39)(H,40,44)(H,42,45)(H,36,37,41). The smallest absolute Gasteiger partial charge is 0.412 e. The number of aromatic nitrogens is 5. The van der Waals surface area contributed by atoms with Crippen molar-refractivity contribution in [3.63, 3.8) is 0 Å². The summed E-state index contributed by atoms with van der Waals surface area (Å²) in [6.07, 6.45) is 10.4. The van der Waals surface area contributed by atoms with Gasteiger partial charge >= 0.3 is 12.2 Å². The number of rotatable bonds is 9. The van der Waals surface area contributed by atoms with E-state index in [1.54, 1.807) is 18.6 Å². The number of amides is 2. The van der Waals surface area contributed by atoms with E-state index in [0.717, 1.165) is 36.9 Å². The fraction of sp³-hybridized carbons (Fsp3) is 0.471. The molecule has 3 heterocycles. The Hall–Kier alpha value is -4.94. The van der Waals surface area contributed by atoms with Crippen LogP contribution in [-0.4, -0.2) is 66.4 Å². The van der Waals surface area contributed by atoms with Crippen molar-refractivity contribution in [3.8, 4) is 11.4 Å². The first-order valence-corrected chi connectivity index (χ1v) is 16.1. The highest BCUT2D eigenvalue weighted by molar-refractivity contribution is 5.86. The van der Waals surface area contributed by atoms with Crippen LogP contribution in [0.2, 0.25) is 0 Å². The SMILES string of the molecule is CC(C)(C)OC(=O)Nc1ccccc1CCNc1nccc(-c2cnc3c(NC4CCC(NC(=O)OC(C)(C)C)CC4)nccn23)n1. The minimum Gasteiger partial charge on any atom is -0.444 e. The van der Waals surface area contributed by atoms with E-state index in [1.165, 1.54) is 0 Å². The number of alkyl carbamates (subject to hydrolysis) is 1. The molecule has 4 N–H and O–H groups in total. The Morgan fingerprint density at radius 1 is 0.872 bits per heavy atom. The summed E-state index contributed by atoms with van der Waals surface area (Å²) in [6, 6.07) is 9.79. The Morgan fingerprint density at radius 3 is 2.32 bits per heavy atom. The molecule has 4 aromatic rings. The van der Waals surface area contributed by atoms with Crippen molar-refractivity contribution in [2.24, 2.45) is 0 Å². The van der Waals surface area contributed by atoms with Crippen LogP contribution in [0.25, 0.3) is 17.0 Å². The van der Waals surface area contributed by atoms with Crippen molar-refractivity contribution < 1.29 is 19.1 Å². The molecule has 0 unspecified atom stereocenters. The average molecular weight is 644 g/mol. The number of hydrogen-bond acceptors (Lipinski definition) is 10. The van der Waals surface area contributed by atoms with Gasteiger partial charge in [-0.1, -0.05) is 18.2 Å². The Labute approximate surface area is 275 Å². The summed E-state index contributed by atoms with van der Waals surface area (Å²) in [5.74, 6) is 1.19. The van der Waals surface area contributed by atoms with E-state index in [2.05, 4.69) is 36.2 Å². The van der Waals surface area contributed by atoms with Crippen LogP contribution in [0.3, 0.4) is 0 Å². The Morgan fingerprint density at radius 2 is 1.57 bits per heavy atom. The largest absolute Gasteiger partial charge is 0.444 e. The predicted molar refractivity (Wildman–Crippen MR) is 182 cm³/mol. The molecule has 0 radical (unpaired) electrons. The quantitative estimate of drug-likeness (QED) is 0.160. The van der Waals surface area contributed by atoms with Crippen molar-refractivity contribution >= 4 is 35.3 Å². The molecule has 0 saturated heterocycles. The Bertz CT molecular complexity index is 1680. The Kier molecular flexibility index (Phi) is 10.1. The number of para-hydroxylation sites is 1. The van der Waals surface area contributed by atoms with E-state index in [-0.39, 0.29) is 18.2 Å². The van der Waals surface area contributed by atoms with Gasteiger partial charge in [0, 0.05) is 42.9 Å². The maximum atomic E-state index is 12.3. The lowest BCUT2D eigenvalue weighted by molar-refractivity contribution is 0.0491. The fourth-order valence-electron chi connectivity index (χ4n) is 5.43. The molecule has 0 spiro atoms. The lowest BCUT2D eigenvalue weighted by atomic mass is 9.91. The molecular weight excluding hydrogens is 598 g/mol. The molecule has 47 heavy (non-hydrogen) atoms. The van der Waals surface area contributed by atoms with Crippen LogP contribution in [0.15, 0.2) is 55.1 Å². The predicted octanol–water partition coefficient (Wildman–Crippen LogP) is 6.44. The van der Waals surface area contributed by atoms with Gasteiger partial charge in [-0.2, -0.15) is 0 Å². The van der Waals surface area contributed by atoms with E-state index in [0.29, 0.717) is 41.8 Å². The van der Waals surface area contributed by atoms with Gasteiger partial charge in [0.2, 0.25) is 5.95 Å². The third-order valence-electron chi connectivity index (χ3n) is 7.47. The molecule has 3 aromatic heterocycles. The van der Waals surface area contributed by atoms with Gasteiger partial charge in [0.15, 0.2) is 11.5 Å². The third-order valence-corrected chi connectivity index (χ3v) is 7.47. The number of nitrogens with one attached hydrogen (secondary N) is 4. The zero-order valence-electron chi connectivity index (χ0n) is 28.0. The van der Waals surface area contributed by atoms with Gasteiger partial charge in [0.1, 0.15) is 11.2 Å². The minimum absolute atomic E-state index is 0.0916. The van der Waals surface area contributed by atoms with Crippen molar-refractivity contribution in [2.45, 2.75) is 96.9 Å². The summed E-state index contributed by atoms with van der Waals surface area (Å²) in [4.78, 5) is 42.9. The first-order chi connectivity index (χ1) is 22.3. The molecule has 1 fully saturated rings. The number of nitrogens with zero attached hydrogens (tertiary/aromatic N) is 5. The number of benzene rings is 1. The van der Waals surface area contributed by atoms with Crippen LogP contribution < -0.4 is 21.3 Å². The number of carbonyl (C=O) groups excluding carboxylic acids is 2. The van der Waals surface area contributed by atoms with Gasteiger partial charge < -0.3 is 25.4 Å². The molecule has 13 nitrogen and oxygen atoms in total. The maximum Gasteiger partial charge on any atom is 0.412 e. The van der Waals surface area contributed by atoms with Crippen molar-refractivity contribution in [1.82, 2.24) is 29.7 Å². The molecule has 250 valence electrons. The topological polar surface area (TPSA) is 157 Å². The molecular formula is C34H45N9O4. The van der Waals surface area contributed by atoms with E-state index >= 15 is 0 Å². The van der Waals surface area contributed by atoms with Crippen molar-refractivity contribution in [1.29, 1.82) is 0 Å². The molecule has 13 heteroatoms. The van der Waals surface area contributed by atoms with Crippen LogP contribution >= 0.6 is 0 Å². The summed E-state index contributed by atoms with van der Waals surface area (Å²) in [7, 11) is 0. The van der Waals surface area contributed by atoms with E-state index < -0.39 is 17.3 Å². The second-order valence-electron chi connectivity index (χ2n) is 13.7. The van der Waals surface area contributed by atoms with Crippen LogP contribution in [0.5, 0.6) is 0 Å². The molecule has 0 atom stereocenters. The normalized spacial score (nSPS) is 16.7. The summed E-state index contributed by atoms with van der Waals surface area (Å²) >= 11 is 0. The molecule has 2 amide bonds. The van der Waals surface area contributed by atoms with Gasteiger partial charge in [0.05, 0.1) is 17.6 Å². The highest BCUT2D eigenvalue weighted by atomic mass is 16.6. The fourth-order valence-corrected chi connectivity index (χ4v) is 5.43. The lowest BCUT2D eigenvalue weighted by Gasteiger charge is -2.30. The van der Waals surface area contributed by atoms with Crippen LogP contribution in [0.1, 0.15) is 72.8 Å². The van der Waals surface area contributed by atoms with Gasteiger partial charge in [0.25, 0.3) is 0 Å². The first kappa shape index (κ1) is 33.4. The van der Waals surface area contributed by atoms with Gasteiger partial charge in [-0.15, -0.1) is 0 Å². The number of anilines is 3. The van der Waals surface area contributed by atoms with E-state index in [1.807, 2.05) is 82.5 Å². The average Bonchev–Trinajstić information content (AvgIpc) is 3.43. The first-order valence-electron chi connectivity index (χ1n) is 16.1. The summed E-state index contributed by atoms with van der Waals surface area (Å²) in [6.45, 7) is 11.6. The Balaban J connectivity index is 1.18. The van der Waals surface area contributed by atoms with E-state index in [9.17, 15) is 9.59 Å². The molecule has 0 aliphatic heterocycles. The highest BCUT2D eigenvalue weighted by Crippen LogP contribution is 2.26. The zero-order valence-corrected chi connectivity index (χ0v) is 28.0. The van der Waals surface area contributed by atoms with Gasteiger partial charge in [-0.3, -0.25) is 9.72 Å². The molecule has 5 rings (SSSR count). The van der Waals surface area contributed by atoms with Crippen LogP contribution in [-0.2, 0) is 15.9 Å². The summed E-state index contributed by atoms with van der Waals surface area (Å²) < 4.78 is 12.8. The number of carbonyl (C=O) groups is 2. The highest BCUT2D eigenvalue weighted by Gasteiger charge is 2.26. The number of imidazole rings is 1. The minimum atomic E-state index is -0.582. The summed E-state index contributed by atoms with van der Waals surface area (Å²) in [5, 5.41) is 12.7. The molecule has 1 aliphatic carbocycles. The third kappa shape index (κ3) is 9.53. The number of ether oxygens (including phenoxy) is 2. The second-order valence-corrected chi connectivity index (χ2v) is 13.7. The van der Waals surface area contributed by atoms with Crippen molar-refractivity contribution in [2.75, 3.05) is 22.5 Å². The molecule has 1 aliphatic rings. The van der Waals surface area contributed by atoms with Crippen LogP contribution in [0.4, 0.5) is 27.0 Å². The summed E-state index contributed by atoms with van der Waals surface area (Å²) in [5.41, 5.74) is 2.80. The lowest BCUT2D eigenvalue weighted by Crippen LogP contribution is -2.42. The second kappa shape index (κ2) is 14.2. The van der Waals surface area contributed by atoms with Gasteiger partial charge in [-0.05, 0) is 91.3 Å². The van der Waals surface area contributed by atoms with E-state index in [4.69, 9.17) is 14.5 Å². The molecule has 1 saturated carbocycles. The number of hydrogen-bond donors (Lipinski definition) is 4. The number of fused-ring (bicyclic) bond motifs is 1. The van der Waals surface area contributed by atoms with Gasteiger partial charge in [-0.25, -0.2) is 29.5 Å². The maximum absolute atomic E-state index is 12.3. The van der Waals surface area contributed by atoms with Crippen molar-refractivity contribution in [3.05, 3.63) is 60.7 Å².